The third-order valence-electron chi connectivity index (χ3n) is 7.43. The molecule has 2 amide bonds. The molecular weight excluding hydrogens is 368 g/mol. The Morgan fingerprint density at radius 3 is 2.41 bits per heavy atom. The van der Waals surface area contributed by atoms with E-state index in [-0.39, 0.29) is 24.0 Å². The van der Waals surface area contributed by atoms with Gasteiger partial charge in [-0.15, -0.1) is 0 Å². The van der Waals surface area contributed by atoms with Gasteiger partial charge >= 0.3 is 0 Å². The molecule has 0 unspecified atom stereocenters. The summed E-state index contributed by atoms with van der Waals surface area (Å²) in [6, 6.07) is 5.74. The van der Waals surface area contributed by atoms with Crippen molar-refractivity contribution in [1.29, 1.82) is 0 Å². The zero-order valence-electron chi connectivity index (χ0n) is 17.1. The second-order valence-electron chi connectivity index (χ2n) is 9.64. The highest BCUT2D eigenvalue weighted by atomic mass is 16.7. The minimum Gasteiger partial charge on any atom is -0.454 e. The third-order valence-corrected chi connectivity index (χ3v) is 7.43. The van der Waals surface area contributed by atoms with Crippen LogP contribution in [-0.2, 0) is 16.1 Å². The van der Waals surface area contributed by atoms with Crippen molar-refractivity contribution in [2.24, 2.45) is 23.2 Å². The average Bonchev–Trinajstić information content (AvgIpc) is 3.14. The largest absolute Gasteiger partial charge is 0.454 e. The molecule has 1 N–H and O–H groups in total. The maximum Gasteiger partial charge on any atom is 0.231 e. The number of nitrogens with zero attached hydrogens (tertiary/aromatic N) is 1. The lowest BCUT2D eigenvalue weighted by Crippen LogP contribution is -2.53. The summed E-state index contributed by atoms with van der Waals surface area (Å²) in [5.74, 6) is 3.96. The van der Waals surface area contributed by atoms with E-state index in [0.717, 1.165) is 54.1 Å². The molecule has 1 heterocycles. The van der Waals surface area contributed by atoms with Crippen molar-refractivity contribution in [2.75, 3.05) is 20.4 Å². The monoisotopic (exact) mass is 398 g/mol. The van der Waals surface area contributed by atoms with Crippen molar-refractivity contribution in [1.82, 2.24) is 10.2 Å². The Kier molecular flexibility index (Phi) is 4.67. The molecule has 0 aromatic heterocycles. The molecule has 29 heavy (non-hydrogen) atoms. The van der Waals surface area contributed by atoms with Crippen molar-refractivity contribution in [3.05, 3.63) is 23.8 Å². The number of amides is 2. The molecule has 0 atom stereocenters. The van der Waals surface area contributed by atoms with E-state index in [4.69, 9.17) is 9.47 Å². The van der Waals surface area contributed by atoms with Crippen molar-refractivity contribution in [2.45, 2.75) is 51.5 Å². The highest BCUT2D eigenvalue weighted by Gasteiger charge is 2.54. The number of ether oxygens (including phenoxy) is 2. The molecule has 1 aromatic carbocycles. The van der Waals surface area contributed by atoms with Crippen LogP contribution in [0, 0.1) is 23.2 Å². The van der Waals surface area contributed by atoms with E-state index in [1.807, 2.05) is 18.2 Å². The number of hydrogen-bond donors (Lipinski definition) is 1. The first-order valence-electron chi connectivity index (χ1n) is 10.9. The Bertz CT molecular complexity index is 786. The fourth-order valence-corrected chi connectivity index (χ4v) is 6.45. The second kappa shape index (κ2) is 7.22. The summed E-state index contributed by atoms with van der Waals surface area (Å²) in [6.07, 6.45) is 7.49. The zero-order chi connectivity index (χ0) is 20.0. The quantitative estimate of drug-likeness (QED) is 0.800. The number of nitrogens with one attached hydrogen (secondary N) is 1. The number of benzene rings is 1. The molecule has 6 rings (SSSR count). The summed E-state index contributed by atoms with van der Waals surface area (Å²) in [5, 5.41) is 3.10. The van der Waals surface area contributed by atoms with Crippen molar-refractivity contribution >= 4 is 11.8 Å². The van der Waals surface area contributed by atoms with Crippen LogP contribution in [0.5, 0.6) is 11.5 Å². The Morgan fingerprint density at radius 1 is 1.07 bits per heavy atom. The van der Waals surface area contributed by atoms with Gasteiger partial charge in [-0.1, -0.05) is 6.07 Å². The topological polar surface area (TPSA) is 67.9 Å². The molecule has 4 fully saturated rings. The van der Waals surface area contributed by atoms with Gasteiger partial charge in [-0.05, 0) is 74.0 Å². The minimum atomic E-state index is -0.143. The number of rotatable bonds is 6. The van der Waals surface area contributed by atoms with Gasteiger partial charge in [0, 0.05) is 32.0 Å². The van der Waals surface area contributed by atoms with Gasteiger partial charge in [-0.25, -0.2) is 0 Å². The molecule has 6 heteroatoms. The normalized spacial score (nSPS) is 31.0. The van der Waals surface area contributed by atoms with Crippen LogP contribution in [-0.4, -0.2) is 37.1 Å². The van der Waals surface area contributed by atoms with Crippen LogP contribution in [0.15, 0.2) is 18.2 Å². The highest BCUT2D eigenvalue weighted by Crippen LogP contribution is 2.60. The molecule has 1 aliphatic heterocycles. The van der Waals surface area contributed by atoms with Gasteiger partial charge in [0.15, 0.2) is 11.5 Å². The van der Waals surface area contributed by atoms with Crippen LogP contribution in [0.3, 0.4) is 0 Å². The minimum absolute atomic E-state index is 0.0356. The van der Waals surface area contributed by atoms with E-state index < -0.39 is 0 Å². The van der Waals surface area contributed by atoms with E-state index in [1.165, 1.54) is 19.3 Å². The van der Waals surface area contributed by atoms with E-state index in [1.54, 1.807) is 11.9 Å². The van der Waals surface area contributed by atoms with Gasteiger partial charge < -0.3 is 19.7 Å². The Balaban J connectivity index is 1.11. The molecule has 0 saturated heterocycles. The summed E-state index contributed by atoms with van der Waals surface area (Å²) in [6.45, 7) is 1.18. The van der Waals surface area contributed by atoms with Crippen molar-refractivity contribution in [3.8, 4) is 11.5 Å². The van der Waals surface area contributed by atoms with Gasteiger partial charge in [-0.2, -0.15) is 0 Å². The molecule has 4 saturated carbocycles. The smallest absolute Gasteiger partial charge is 0.231 e. The SMILES string of the molecule is CN(Cc1ccc2c(c1)OCO2)C(=O)CCNC(=O)C12CC3CC(CC(C3)C1)C2. The number of carbonyl (C=O) groups excluding carboxylic acids is 2. The van der Waals surface area contributed by atoms with Crippen LogP contribution in [0.1, 0.15) is 50.5 Å². The number of hydrogen-bond acceptors (Lipinski definition) is 4. The lowest BCUT2D eigenvalue weighted by molar-refractivity contribution is -0.146. The molecular formula is C23H30N2O4. The summed E-state index contributed by atoms with van der Waals surface area (Å²) >= 11 is 0. The first-order valence-corrected chi connectivity index (χ1v) is 10.9. The van der Waals surface area contributed by atoms with Gasteiger partial charge in [-0.3, -0.25) is 9.59 Å². The van der Waals surface area contributed by atoms with Crippen molar-refractivity contribution < 1.29 is 19.1 Å². The first kappa shape index (κ1) is 18.8. The van der Waals surface area contributed by atoms with E-state index in [9.17, 15) is 9.59 Å². The molecule has 4 aliphatic carbocycles. The maximum atomic E-state index is 13.0. The highest BCUT2D eigenvalue weighted by molar-refractivity contribution is 5.84. The number of fused-ring (bicyclic) bond motifs is 1. The second-order valence-corrected chi connectivity index (χ2v) is 9.64. The van der Waals surface area contributed by atoms with Crippen molar-refractivity contribution in [3.63, 3.8) is 0 Å². The summed E-state index contributed by atoms with van der Waals surface area (Å²) in [4.78, 5) is 27.2. The molecule has 6 nitrogen and oxygen atoms in total. The summed E-state index contributed by atoms with van der Waals surface area (Å²) in [5.41, 5.74) is 0.860. The molecule has 156 valence electrons. The lowest BCUT2D eigenvalue weighted by atomic mass is 9.49. The number of carbonyl (C=O) groups is 2. The molecule has 0 radical (unpaired) electrons. The molecule has 5 aliphatic rings. The third kappa shape index (κ3) is 3.58. The van der Waals surface area contributed by atoms with E-state index in [2.05, 4.69) is 5.32 Å². The molecule has 0 spiro atoms. The molecule has 4 bridgehead atoms. The standard InChI is InChI=1S/C23H30N2O4/c1-25(13-15-2-3-19-20(9-15)29-14-28-19)21(26)4-5-24-22(27)23-10-16-6-17(11-23)8-18(7-16)12-23/h2-3,9,16-18H,4-8,10-14H2,1H3,(H,24,27). The van der Waals surface area contributed by atoms with Gasteiger partial charge in [0.05, 0.1) is 0 Å². The Labute approximate surface area is 171 Å². The summed E-state index contributed by atoms with van der Waals surface area (Å²) < 4.78 is 10.7. The average molecular weight is 399 g/mol. The van der Waals surface area contributed by atoms with Gasteiger partial charge in [0.1, 0.15) is 0 Å². The van der Waals surface area contributed by atoms with Gasteiger partial charge in [0.2, 0.25) is 18.6 Å². The van der Waals surface area contributed by atoms with Crippen LogP contribution in [0.4, 0.5) is 0 Å². The lowest BCUT2D eigenvalue weighted by Gasteiger charge is -2.55. The van der Waals surface area contributed by atoms with Crippen LogP contribution in [0.2, 0.25) is 0 Å². The fourth-order valence-electron chi connectivity index (χ4n) is 6.45. The van der Waals surface area contributed by atoms with Gasteiger partial charge in [0.25, 0.3) is 0 Å². The van der Waals surface area contributed by atoms with E-state index in [0.29, 0.717) is 19.5 Å². The van der Waals surface area contributed by atoms with Crippen LogP contribution >= 0.6 is 0 Å². The van der Waals surface area contributed by atoms with Crippen LogP contribution in [0.25, 0.3) is 0 Å². The molecule has 1 aromatic rings. The first-order chi connectivity index (χ1) is 14.0. The Hall–Kier alpha value is -2.24. The predicted octanol–water partition coefficient (Wildman–Crippen LogP) is 3.10. The zero-order valence-corrected chi connectivity index (χ0v) is 17.1. The summed E-state index contributed by atoms with van der Waals surface area (Å²) in [7, 11) is 1.80. The van der Waals surface area contributed by atoms with E-state index >= 15 is 0 Å². The maximum absolute atomic E-state index is 13.0. The predicted molar refractivity (Wildman–Crippen MR) is 107 cm³/mol. The fraction of sp³-hybridized carbons (Fsp3) is 0.652. The Morgan fingerprint density at radius 2 is 1.72 bits per heavy atom. The van der Waals surface area contributed by atoms with Crippen LogP contribution < -0.4 is 14.8 Å².